The van der Waals surface area contributed by atoms with Crippen molar-refractivity contribution in [1.29, 1.82) is 0 Å². The molecule has 1 amide bonds. The molecule has 0 fully saturated rings. The molecule has 0 saturated heterocycles. The molecule has 0 bridgehead atoms. The molecule has 2 aromatic carbocycles. The average molecular weight is 474 g/mol. The third-order valence-corrected chi connectivity index (χ3v) is 6.03. The molecular weight excluding hydrogens is 459 g/mol. The number of rotatable bonds is 6. The predicted molar refractivity (Wildman–Crippen MR) is 107 cm³/mol. The predicted octanol–water partition coefficient (Wildman–Crippen LogP) is 3.95. The Morgan fingerprint density at radius 3 is 2.35 bits per heavy atom. The van der Waals surface area contributed by atoms with Crippen molar-refractivity contribution in [3.63, 3.8) is 0 Å². The Bertz CT molecular complexity index is 1180. The first-order valence-corrected chi connectivity index (χ1v) is 10.5. The Kier molecular flexibility index (Phi) is 6.23. The van der Waals surface area contributed by atoms with Crippen LogP contribution < -0.4 is 10.0 Å². The van der Waals surface area contributed by atoms with E-state index in [4.69, 9.17) is 11.6 Å². The van der Waals surface area contributed by atoms with E-state index in [1.807, 2.05) is 0 Å². The van der Waals surface area contributed by atoms with E-state index in [1.165, 1.54) is 41.6 Å². The van der Waals surface area contributed by atoms with Crippen LogP contribution in [0.5, 0.6) is 0 Å². The van der Waals surface area contributed by atoms with Gasteiger partial charge in [0.15, 0.2) is 0 Å². The van der Waals surface area contributed by atoms with Crippen LogP contribution in [0.15, 0.2) is 60.0 Å². The number of amides is 1. The monoisotopic (exact) mass is 473 g/mol. The number of hydrogen-bond acceptors (Lipinski definition) is 5. The second-order valence-corrected chi connectivity index (χ2v) is 8.42. The number of sulfonamides is 1. The lowest BCUT2D eigenvalue weighted by Gasteiger charge is -2.14. The summed E-state index contributed by atoms with van der Waals surface area (Å²) in [7, 11) is -4.39. The highest BCUT2D eigenvalue weighted by Gasteiger charge is 2.32. The third kappa shape index (κ3) is 5.33. The zero-order valence-electron chi connectivity index (χ0n) is 15.8. The summed E-state index contributed by atoms with van der Waals surface area (Å²) in [4.78, 5) is 15.3. The van der Waals surface area contributed by atoms with Gasteiger partial charge in [-0.05, 0) is 49.4 Å². The summed E-state index contributed by atoms with van der Waals surface area (Å²) >= 11 is 5.81. The van der Waals surface area contributed by atoms with Gasteiger partial charge in [0.25, 0.3) is 10.0 Å². The molecule has 1 heterocycles. The van der Waals surface area contributed by atoms with E-state index in [0.29, 0.717) is 17.8 Å². The fourth-order valence-electron chi connectivity index (χ4n) is 2.50. The second-order valence-electron chi connectivity index (χ2n) is 6.37. The van der Waals surface area contributed by atoms with Gasteiger partial charge < -0.3 is 5.32 Å². The first-order valence-electron chi connectivity index (χ1n) is 8.62. The van der Waals surface area contributed by atoms with Crippen molar-refractivity contribution in [2.24, 2.45) is 0 Å². The smallest absolute Gasteiger partial charge is 0.324 e. The molecule has 13 heteroatoms. The molecule has 3 rings (SSSR count). The minimum Gasteiger partial charge on any atom is -0.324 e. The molecule has 0 spiro atoms. The fraction of sp³-hybridized carbons (Fsp3) is 0.167. The van der Waals surface area contributed by atoms with Gasteiger partial charge >= 0.3 is 6.18 Å². The molecule has 31 heavy (non-hydrogen) atoms. The maximum atomic E-state index is 12.9. The molecule has 0 aliphatic heterocycles. The van der Waals surface area contributed by atoms with Crippen LogP contribution in [0, 0.1) is 0 Å². The first-order chi connectivity index (χ1) is 14.5. The molecule has 0 saturated carbocycles. The van der Waals surface area contributed by atoms with Crippen LogP contribution >= 0.6 is 11.6 Å². The maximum Gasteiger partial charge on any atom is 0.416 e. The SMILES string of the molecule is CC(C(=O)Nc1ccc(NS(=O)(=O)c2cc(C(F)(F)F)ccc2Cl)cc1)n1cncn1. The fourth-order valence-corrected chi connectivity index (χ4v) is 4.09. The van der Waals surface area contributed by atoms with Crippen LogP contribution in [-0.2, 0) is 21.0 Å². The van der Waals surface area contributed by atoms with Gasteiger partial charge in [0.05, 0.1) is 10.6 Å². The zero-order chi connectivity index (χ0) is 22.8. The van der Waals surface area contributed by atoms with Crippen molar-refractivity contribution >= 4 is 38.9 Å². The second kappa shape index (κ2) is 8.55. The van der Waals surface area contributed by atoms with Crippen LogP contribution in [0.2, 0.25) is 5.02 Å². The number of nitrogens with zero attached hydrogens (tertiary/aromatic N) is 3. The van der Waals surface area contributed by atoms with Gasteiger partial charge in [0, 0.05) is 11.4 Å². The van der Waals surface area contributed by atoms with E-state index in [1.54, 1.807) is 6.92 Å². The quantitative estimate of drug-likeness (QED) is 0.564. The van der Waals surface area contributed by atoms with Crippen molar-refractivity contribution < 1.29 is 26.4 Å². The highest BCUT2D eigenvalue weighted by atomic mass is 35.5. The minimum atomic E-state index is -4.72. The van der Waals surface area contributed by atoms with E-state index >= 15 is 0 Å². The molecule has 2 N–H and O–H groups in total. The van der Waals surface area contributed by atoms with Gasteiger partial charge in [0.2, 0.25) is 5.91 Å². The Morgan fingerprint density at radius 2 is 1.77 bits per heavy atom. The molecule has 1 atom stereocenters. The average Bonchev–Trinajstić information content (AvgIpc) is 3.22. The zero-order valence-corrected chi connectivity index (χ0v) is 17.3. The number of nitrogens with one attached hydrogen (secondary N) is 2. The number of hydrogen-bond donors (Lipinski definition) is 2. The summed E-state index contributed by atoms with van der Waals surface area (Å²) in [6.45, 7) is 1.62. The van der Waals surface area contributed by atoms with Gasteiger partial charge in [0.1, 0.15) is 23.6 Å². The summed E-state index contributed by atoms with van der Waals surface area (Å²) in [5, 5.41) is 6.16. The maximum absolute atomic E-state index is 12.9. The number of anilines is 2. The Labute approximate surface area is 180 Å². The number of alkyl halides is 3. The van der Waals surface area contributed by atoms with Crippen molar-refractivity contribution in [3.05, 3.63) is 65.7 Å². The molecule has 3 aromatic rings. The number of carbonyl (C=O) groups excluding carboxylic acids is 1. The van der Waals surface area contributed by atoms with Gasteiger partial charge in [-0.2, -0.15) is 18.3 Å². The van der Waals surface area contributed by atoms with Gasteiger partial charge in [-0.25, -0.2) is 18.1 Å². The van der Waals surface area contributed by atoms with E-state index in [0.717, 1.165) is 6.07 Å². The number of carbonyl (C=O) groups is 1. The van der Waals surface area contributed by atoms with Gasteiger partial charge in [-0.15, -0.1) is 0 Å². The minimum absolute atomic E-state index is 0.0656. The highest BCUT2D eigenvalue weighted by Crippen LogP contribution is 2.34. The van der Waals surface area contributed by atoms with Gasteiger partial charge in [-0.3, -0.25) is 9.52 Å². The first kappa shape index (κ1) is 22.6. The molecule has 0 aliphatic carbocycles. The van der Waals surface area contributed by atoms with E-state index in [9.17, 15) is 26.4 Å². The number of aromatic nitrogens is 3. The lowest BCUT2D eigenvalue weighted by Crippen LogP contribution is -2.24. The molecule has 0 radical (unpaired) electrons. The van der Waals surface area contributed by atoms with Crippen molar-refractivity contribution in [1.82, 2.24) is 14.8 Å². The summed E-state index contributed by atoms with van der Waals surface area (Å²) in [6.07, 6.45) is -2.04. The topological polar surface area (TPSA) is 106 Å². The largest absolute Gasteiger partial charge is 0.416 e. The Balaban J connectivity index is 1.74. The van der Waals surface area contributed by atoms with Crippen molar-refractivity contribution in [3.8, 4) is 0 Å². The molecular formula is C18H15ClF3N5O3S. The van der Waals surface area contributed by atoms with Crippen LogP contribution in [0.25, 0.3) is 0 Å². The standard InChI is InChI=1S/C18H15ClF3N5O3S/c1-11(27-10-23-9-24-27)17(28)25-13-3-5-14(6-4-13)26-31(29,30)16-8-12(18(20,21)22)2-7-15(16)19/h2-11,26H,1H3,(H,25,28). The lowest BCUT2D eigenvalue weighted by molar-refractivity contribution is -0.137. The van der Waals surface area contributed by atoms with Crippen LogP contribution in [0.4, 0.5) is 24.5 Å². The molecule has 1 aromatic heterocycles. The van der Waals surface area contributed by atoms with Crippen molar-refractivity contribution in [2.75, 3.05) is 10.0 Å². The van der Waals surface area contributed by atoms with E-state index in [2.05, 4.69) is 20.1 Å². The third-order valence-electron chi connectivity index (χ3n) is 4.17. The van der Waals surface area contributed by atoms with Crippen LogP contribution in [-0.4, -0.2) is 29.1 Å². The number of halogens is 4. The molecule has 8 nitrogen and oxygen atoms in total. The van der Waals surface area contributed by atoms with E-state index < -0.39 is 32.7 Å². The molecule has 0 aliphatic rings. The van der Waals surface area contributed by atoms with Gasteiger partial charge in [-0.1, -0.05) is 11.6 Å². The normalized spacial score (nSPS) is 12.9. The lowest BCUT2D eigenvalue weighted by atomic mass is 10.2. The summed E-state index contributed by atoms with van der Waals surface area (Å²) in [6, 6.07) is 6.93. The summed E-state index contributed by atoms with van der Waals surface area (Å²) in [5.74, 6) is -0.380. The summed E-state index contributed by atoms with van der Waals surface area (Å²) in [5.41, 5.74) is -0.704. The van der Waals surface area contributed by atoms with E-state index in [-0.39, 0.29) is 16.6 Å². The molecule has 164 valence electrons. The Morgan fingerprint density at radius 1 is 1.13 bits per heavy atom. The highest BCUT2D eigenvalue weighted by molar-refractivity contribution is 7.92. The van der Waals surface area contributed by atoms with Crippen LogP contribution in [0.1, 0.15) is 18.5 Å². The summed E-state index contributed by atoms with van der Waals surface area (Å²) < 4.78 is 67.3. The molecule has 1 unspecified atom stereocenters. The Hall–Kier alpha value is -3.12. The van der Waals surface area contributed by atoms with Crippen LogP contribution in [0.3, 0.4) is 0 Å². The number of benzene rings is 2. The van der Waals surface area contributed by atoms with Crippen molar-refractivity contribution in [2.45, 2.75) is 24.0 Å².